The minimum atomic E-state index is -0.372. The van der Waals surface area contributed by atoms with Crippen LogP contribution in [-0.4, -0.2) is 10.2 Å². The van der Waals surface area contributed by atoms with Gasteiger partial charge in [0.25, 0.3) is 0 Å². The molecule has 0 spiro atoms. The van der Waals surface area contributed by atoms with Crippen LogP contribution in [0.4, 0.5) is 4.39 Å². The third-order valence-corrected chi connectivity index (χ3v) is 2.90. The highest BCUT2D eigenvalue weighted by Crippen LogP contribution is 2.30. The molecule has 19 heavy (non-hydrogen) atoms. The van der Waals surface area contributed by atoms with Crippen LogP contribution in [0.1, 0.15) is 0 Å². The van der Waals surface area contributed by atoms with Crippen LogP contribution in [0.25, 0.3) is 10.8 Å². The van der Waals surface area contributed by atoms with Crippen LogP contribution in [-0.2, 0) is 0 Å². The van der Waals surface area contributed by atoms with Gasteiger partial charge in [-0.05, 0) is 18.2 Å². The number of hydrogen-bond acceptors (Lipinski definition) is 3. The summed E-state index contributed by atoms with van der Waals surface area (Å²) in [5.74, 6) is 0.288. The van der Waals surface area contributed by atoms with Gasteiger partial charge in [0.2, 0.25) is 5.88 Å². The van der Waals surface area contributed by atoms with Gasteiger partial charge in [-0.3, -0.25) is 0 Å². The van der Waals surface area contributed by atoms with Crippen LogP contribution in [0.2, 0.25) is 5.15 Å². The molecule has 1 heterocycles. The standard InChI is InChI=1S/C14H8ClFN2O/c15-13-11-6-1-2-7-12(11)14(18-17-13)19-10-5-3-4-9(16)8-10/h1-8H. The summed E-state index contributed by atoms with van der Waals surface area (Å²) in [4.78, 5) is 0. The van der Waals surface area contributed by atoms with Crippen LogP contribution in [0.5, 0.6) is 11.6 Å². The highest BCUT2D eigenvalue weighted by atomic mass is 35.5. The lowest BCUT2D eigenvalue weighted by Crippen LogP contribution is -1.93. The van der Waals surface area contributed by atoms with E-state index in [0.29, 0.717) is 16.8 Å². The molecule has 0 saturated carbocycles. The summed E-state index contributed by atoms with van der Waals surface area (Å²) in [7, 11) is 0. The minimum absolute atomic E-state index is 0.297. The van der Waals surface area contributed by atoms with Crippen LogP contribution < -0.4 is 4.74 Å². The molecule has 94 valence electrons. The van der Waals surface area contributed by atoms with Gasteiger partial charge in [0.05, 0.1) is 0 Å². The Morgan fingerprint density at radius 2 is 1.74 bits per heavy atom. The zero-order valence-corrected chi connectivity index (χ0v) is 10.4. The van der Waals surface area contributed by atoms with Gasteiger partial charge in [-0.25, -0.2) is 4.39 Å². The van der Waals surface area contributed by atoms with Gasteiger partial charge < -0.3 is 4.74 Å². The van der Waals surface area contributed by atoms with E-state index in [-0.39, 0.29) is 5.82 Å². The van der Waals surface area contributed by atoms with Crippen molar-refractivity contribution >= 4 is 22.4 Å². The maximum Gasteiger partial charge on any atom is 0.246 e. The van der Waals surface area contributed by atoms with E-state index in [1.54, 1.807) is 12.1 Å². The van der Waals surface area contributed by atoms with Crippen molar-refractivity contribution in [3.8, 4) is 11.6 Å². The van der Waals surface area contributed by atoms with Gasteiger partial charge in [0.15, 0.2) is 5.15 Å². The van der Waals surface area contributed by atoms with E-state index >= 15 is 0 Å². The van der Waals surface area contributed by atoms with Crippen molar-refractivity contribution in [2.75, 3.05) is 0 Å². The van der Waals surface area contributed by atoms with Crippen molar-refractivity contribution in [3.05, 3.63) is 59.5 Å². The van der Waals surface area contributed by atoms with E-state index in [1.165, 1.54) is 12.1 Å². The first-order valence-corrected chi connectivity index (χ1v) is 5.96. The molecule has 1 aromatic heterocycles. The first-order chi connectivity index (χ1) is 9.24. The molecule has 3 rings (SSSR count). The molecule has 0 radical (unpaired) electrons. The zero-order chi connectivity index (χ0) is 13.2. The molecular formula is C14H8ClFN2O. The van der Waals surface area contributed by atoms with Crippen LogP contribution >= 0.6 is 11.6 Å². The van der Waals surface area contributed by atoms with Crippen LogP contribution in [0.3, 0.4) is 0 Å². The van der Waals surface area contributed by atoms with Crippen LogP contribution in [0.15, 0.2) is 48.5 Å². The third kappa shape index (κ3) is 2.35. The topological polar surface area (TPSA) is 35.0 Å². The van der Waals surface area contributed by atoms with E-state index in [2.05, 4.69) is 10.2 Å². The summed E-state index contributed by atoms with van der Waals surface area (Å²) in [6.07, 6.45) is 0. The van der Waals surface area contributed by atoms with E-state index in [9.17, 15) is 4.39 Å². The number of nitrogens with zero attached hydrogens (tertiary/aromatic N) is 2. The summed E-state index contributed by atoms with van der Waals surface area (Å²) >= 11 is 5.97. The lowest BCUT2D eigenvalue weighted by atomic mass is 10.2. The molecule has 0 saturated heterocycles. The highest BCUT2D eigenvalue weighted by molar-refractivity contribution is 6.34. The van der Waals surface area contributed by atoms with Gasteiger partial charge in [-0.1, -0.05) is 35.9 Å². The Hall–Kier alpha value is -2.20. The fourth-order valence-electron chi connectivity index (χ4n) is 1.76. The predicted octanol–water partition coefficient (Wildman–Crippen LogP) is 4.21. The number of fused-ring (bicyclic) bond motifs is 1. The summed E-state index contributed by atoms with van der Waals surface area (Å²) in [6, 6.07) is 13.2. The van der Waals surface area contributed by atoms with Gasteiger partial charge in [-0.15, -0.1) is 10.2 Å². The smallest absolute Gasteiger partial charge is 0.246 e. The second-order valence-corrected chi connectivity index (χ2v) is 4.26. The van der Waals surface area contributed by atoms with Crippen molar-refractivity contribution in [1.29, 1.82) is 0 Å². The van der Waals surface area contributed by atoms with E-state index in [0.717, 1.165) is 10.8 Å². The molecule has 0 bridgehead atoms. The monoisotopic (exact) mass is 274 g/mol. The van der Waals surface area contributed by atoms with Gasteiger partial charge in [-0.2, -0.15) is 0 Å². The normalized spacial score (nSPS) is 10.6. The lowest BCUT2D eigenvalue weighted by Gasteiger charge is -2.07. The van der Waals surface area contributed by atoms with Gasteiger partial charge in [0.1, 0.15) is 11.6 Å². The second kappa shape index (κ2) is 4.82. The van der Waals surface area contributed by atoms with Gasteiger partial charge >= 0.3 is 0 Å². The molecule has 0 aliphatic heterocycles. The quantitative estimate of drug-likeness (QED) is 0.702. The van der Waals surface area contributed by atoms with Crippen molar-refractivity contribution in [1.82, 2.24) is 10.2 Å². The molecule has 0 aliphatic rings. The summed E-state index contributed by atoms with van der Waals surface area (Å²) in [6.45, 7) is 0. The van der Waals surface area contributed by atoms with E-state index < -0.39 is 0 Å². The number of benzene rings is 2. The average molecular weight is 275 g/mol. The number of hydrogen-bond donors (Lipinski definition) is 0. The Morgan fingerprint density at radius 3 is 2.53 bits per heavy atom. The maximum atomic E-state index is 13.1. The molecule has 0 amide bonds. The Morgan fingerprint density at radius 1 is 0.947 bits per heavy atom. The highest BCUT2D eigenvalue weighted by Gasteiger charge is 2.09. The fourth-order valence-corrected chi connectivity index (χ4v) is 1.97. The molecule has 3 nitrogen and oxygen atoms in total. The molecule has 0 atom stereocenters. The SMILES string of the molecule is Fc1cccc(Oc2nnc(Cl)c3ccccc23)c1. The van der Waals surface area contributed by atoms with Gasteiger partial charge in [0, 0.05) is 16.8 Å². The first kappa shape index (κ1) is 11.9. The van der Waals surface area contributed by atoms with Crippen molar-refractivity contribution < 1.29 is 9.13 Å². The number of aromatic nitrogens is 2. The molecule has 0 aliphatic carbocycles. The zero-order valence-electron chi connectivity index (χ0n) is 9.68. The van der Waals surface area contributed by atoms with Crippen molar-refractivity contribution in [2.24, 2.45) is 0 Å². The third-order valence-electron chi connectivity index (χ3n) is 2.62. The first-order valence-electron chi connectivity index (χ1n) is 5.58. The Kier molecular flexibility index (Phi) is 3.01. The summed E-state index contributed by atoms with van der Waals surface area (Å²) in [5.41, 5.74) is 0. The van der Waals surface area contributed by atoms with E-state index in [4.69, 9.17) is 16.3 Å². The lowest BCUT2D eigenvalue weighted by molar-refractivity contribution is 0.457. The fraction of sp³-hybridized carbons (Fsp3) is 0. The number of ether oxygens (including phenoxy) is 1. The molecule has 0 fully saturated rings. The Balaban J connectivity index is 2.09. The van der Waals surface area contributed by atoms with E-state index in [1.807, 2.05) is 24.3 Å². The molecular weight excluding hydrogens is 267 g/mol. The summed E-state index contributed by atoms with van der Waals surface area (Å²) < 4.78 is 18.7. The number of rotatable bonds is 2. The molecule has 0 N–H and O–H groups in total. The average Bonchev–Trinajstić information content (AvgIpc) is 2.42. The largest absolute Gasteiger partial charge is 0.437 e. The molecule has 5 heteroatoms. The van der Waals surface area contributed by atoms with Crippen molar-refractivity contribution in [3.63, 3.8) is 0 Å². The molecule has 2 aromatic carbocycles. The van der Waals surface area contributed by atoms with Crippen LogP contribution in [0, 0.1) is 5.82 Å². The van der Waals surface area contributed by atoms with Crippen molar-refractivity contribution in [2.45, 2.75) is 0 Å². The Labute approximate surface area is 113 Å². The predicted molar refractivity (Wildman–Crippen MR) is 71.0 cm³/mol. The second-order valence-electron chi connectivity index (χ2n) is 3.90. The summed E-state index contributed by atoms with van der Waals surface area (Å²) in [5, 5.41) is 9.50. The maximum absolute atomic E-state index is 13.1. The minimum Gasteiger partial charge on any atom is -0.437 e. The Bertz CT molecular complexity index is 748. The molecule has 3 aromatic rings. The number of halogens is 2. The molecule has 0 unspecified atom stereocenters.